The number of hydrogen-bond acceptors (Lipinski definition) is 6. The third-order valence-corrected chi connectivity index (χ3v) is 4.83. The van der Waals surface area contributed by atoms with Crippen LogP contribution in [0.15, 0.2) is 36.5 Å². The molecule has 0 bridgehead atoms. The molecule has 24 heavy (non-hydrogen) atoms. The average molecular weight is 472 g/mol. The zero-order valence-corrected chi connectivity index (χ0v) is 15.4. The Morgan fingerprint density at radius 3 is 2.88 bits per heavy atom. The van der Waals surface area contributed by atoms with E-state index in [0.717, 1.165) is 15.6 Å². The Balaban J connectivity index is 1.98. The van der Waals surface area contributed by atoms with Gasteiger partial charge in [-0.25, -0.2) is 4.39 Å². The van der Waals surface area contributed by atoms with Crippen molar-refractivity contribution in [3.05, 3.63) is 57.3 Å². The number of nitrogens with zero attached hydrogens (tertiary/aromatic N) is 2. The van der Waals surface area contributed by atoms with Crippen LogP contribution < -0.4 is 4.74 Å². The van der Waals surface area contributed by atoms with Crippen molar-refractivity contribution < 1.29 is 14.1 Å². The highest BCUT2D eigenvalue weighted by molar-refractivity contribution is 14.2. The molecule has 3 aromatic rings. The third-order valence-electron chi connectivity index (χ3n) is 2.93. The van der Waals surface area contributed by atoms with E-state index in [1.165, 1.54) is 32.4 Å². The number of thiophene rings is 1. The van der Waals surface area contributed by atoms with Gasteiger partial charge in [0.1, 0.15) is 5.75 Å². The Morgan fingerprint density at radius 2 is 2.17 bits per heavy atom. The second-order valence-corrected chi connectivity index (χ2v) is 7.14. The van der Waals surface area contributed by atoms with E-state index >= 15 is 0 Å². The second-order valence-electron chi connectivity index (χ2n) is 4.41. The fourth-order valence-electron chi connectivity index (χ4n) is 1.93. The number of fused-ring (bicyclic) bond motifs is 1. The molecule has 1 aromatic carbocycles. The quantitative estimate of drug-likeness (QED) is 0.217. The molecule has 3 rings (SSSR count). The van der Waals surface area contributed by atoms with E-state index in [9.17, 15) is 14.5 Å². The topological polar surface area (TPSA) is 65.3 Å². The molecular weight excluding hydrogens is 466 g/mol. The minimum Gasteiger partial charge on any atom is -0.453 e. The van der Waals surface area contributed by atoms with Crippen LogP contribution in [0.2, 0.25) is 0 Å². The summed E-state index contributed by atoms with van der Waals surface area (Å²) in [5, 5.41) is 13.6. The fourth-order valence-corrected chi connectivity index (χ4v) is 3.39. The lowest BCUT2D eigenvalue weighted by atomic mass is 10.3. The van der Waals surface area contributed by atoms with E-state index < -0.39 is 10.7 Å². The molecule has 0 aliphatic rings. The number of non-ortho nitro benzene ring substituents is 1. The molecule has 0 aliphatic heterocycles. The number of hydrogen-bond donors (Lipinski definition) is 0. The molecule has 0 saturated carbocycles. The first-order valence-corrected chi connectivity index (χ1v) is 10.5. The Labute approximate surface area is 156 Å². The van der Waals surface area contributed by atoms with Crippen molar-refractivity contribution in [1.29, 1.82) is 0 Å². The number of ether oxygens (including phenoxy) is 1. The molecule has 0 fully saturated rings. The first-order valence-electron chi connectivity index (χ1n) is 6.37. The average Bonchev–Trinajstić information content (AvgIpc) is 2.98. The van der Waals surface area contributed by atoms with E-state index in [1.807, 2.05) is 6.07 Å². The summed E-state index contributed by atoms with van der Waals surface area (Å²) in [6.07, 6.45) is 1.55. The van der Waals surface area contributed by atoms with Crippen molar-refractivity contribution >= 4 is 57.4 Å². The summed E-state index contributed by atoms with van der Waals surface area (Å²) in [6, 6.07) is 6.71. The molecule has 0 radical (unpaired) electrons. The lowest BCUT2D eigenvalue weighted by molar-refractivity contribution is -0.385. The number of benzene rings is 1. The van der Waals surface area contributed by atoms with Gasteiger partial charge in [-0.15, -0.1) is 11.3 Å². The fraction of sp³-hybridized carbons (Fsp3) is 0. The van der Waals surface area contributed by atoms with Crippen LogP contribution in [0, 0.1) is 27.1 Å². The molecule has 120 valence electrons. The largest absolute Gasteiger partial charge is 0.453 e. The predicted octanol–water partition coefficient (Wildman–Crippen LogP) is 5.53. The van der Waals surface area contributed by atoms with E-state index in [-0.39, 0.29) is 11.4 Å². The van der Waals surface area contributed by atoms with Crippen LogP contribution in [-0.4, -0.2) is 9.91 Å². The van der Waals surface area contributed by atoms with E-state index in [4.69, 9.17) is 4.74 Å². The molecule has 0 amide bonds. The number of nitro benzene ring substituents is 1. The Kier molecular flexibility index (Phi) is 5.17. The molecule has 0 saturated heterocycles. The third kappa shape index (κ3) is 3.61. The van der Waals surface area contributed by atoms with Crippen molar-refractivity contribution in [2.75, 3.05) is 0 Å². The van der Waals surface area contributed by atoms with Gasteiger partial charge in [-0.2, -0.15) is 0 Å². The summed E-state index contributed by atoms with van der Waals surface area (Å²) in [6.45, 7) is 0. The predicted molar refractivity (Wildman–Crippen MR) is 101 cm³/mol. The van der Waals surface area contributed by atoms with Crippen LogP contribution in [0.5, 0.6) is 11.5 Å². The summed E-state index contributed by atoms with van der Waals surface area (Å²) in [4.78, 5) is 15.1. The molecule has 0 spiro atoms. The molecular formula is C15H6FIN2O3S2. The van der Waals surface area contributed by atoms with E-state index in [0.29, 0.717) is 11.3 Å². The minimum atomic E-state index is -0.799. The summed E-state index contributed by atoms with van der Waals surface area (Å²) in [5.74, 6) is 2.52. The maximum Gasteiger partial charge on any atom is 0.272 e. The lowest BCUT2D eigenvalue weighted by Gasteiger charge is -2.07. The van der Waals surface area contributed by atoms with Gasteiger partial charge in [0, 0.05) is 39.5 Å². The van der Waals surface area contributed by atoms with Gasteiger partial charge in [-0.05, 0) is 32.2 Å². The van der Waals surface area contributed by atoms with Gasteiger partial charge in [-0.1, -0.05) is 0 Å². The standard InChI is InChI=1S/C15H6FIN2O3S2/c16-11-7-9(19(20)21)1-2-13(11)22-14-3-5-18-12-8-10(4-6-23-17)24-15(12)14/h1-3,5,7-8H. The summed E-state index contributed by atoms with van der Waals surface area (Å²) in [7, 11) is 1.38. The van der Waals surface area contributed by atoms with Crippen LogP contribution in [0.1, 0.15) is 4.88 Å². The first-order chi connectivity index (χ1) is 11.6. The van der Waals surface area contributed by atoms with E-state index in [1.54, 1.807) is 12.3 Å². The Hall–Kier alpha value is -1.90. The van der Waals surface area contributed by atoms with Gasteiger partial charge >= 0.3 is 0 Å². The van der Waals surface area contributed by atoms with Gasteiger partial charge in [0.25, 0.3) is 5.69 Å². The highest BCUT2D eigenvalue weighted by Crippen LogP contribution is 2.36. The maximum absolute atomic E-state index is 14.0. The van der Waals surface area contributed by atoms with Gasteiger partial charge in [0.05, 0.1) is 26.1 Å². The minimum absolute atomic E-state index is 0.0862. The molecule has 0 aliphatic carbocycles. The van der Waals surface area contributed by atoms with Gasteiger partial charge in [0.15, 0.2) is 11.6 Å². The van der Waals surface area contributed by atoms with Crippen LogP contribution >= 0.6 is 41.5 Å². The SMILES string of the molecule is O=[N+]([O-])c1ccc(Oc2ccnc3cc(C#CSI)sc23)c(F)c1. The van der Waals surface area contributed by atoms with Crippen molar-refractivity contribution in [2.24, 2.45) is 0 Å². The molecule has 0 unspecified atom stereocenters. The Morgan fingerprint density at radius 1 is 1.33 bits per heavy atom. The summed E-state index contributed by atoms with van der Waals surface area (Å²) < 4.78 is 20.3. The molecule has 0 atom stereocenters. The van der Waals surface area contributed by atoms with Crippen molar-refractivity contribution in [3.63, 3.8) is 0 Å². The number of halogens is 2. The highest BCUT2D eigenvalue weighted by Gasteiger charge is 2.14. The lowest BCUT2D eigenvalue weighted by Crippen LogP contribution is -1.92. The number of rotatable bonds is 3. The molecule has 2 aromatic heterocycles. The zero-order valence-electron chi connectivity index (χ0n) is 11.7. The summed E-state index contributed by atoms with van der Waals surface area (Å²) in [5.41, 5.74) is 0.368. The van der Waals surface area contributed by atoms with Crippen LogP contribution in [0.3, 0.4) is 0 Å². The van der Waals surface area contributed by atoms with Gasteiger partial charge in [0.2, 0.25) is 0 Å². The van der Waals surface area contributed by atoms with Crippen molar-refractivity contribution in [2.45, 2.75) is 0 Å². The number of aromatic nitrogens is 1. The number of pyridine rings is 1. The molecule has 0 N–H and O–H groups in total. The molecule has 9 heteroatoms. The van der Waals surface area contributed by atoms with Crippen molar-refractivity contribution in [3.8, 4) is 22.7 Å². The zero-order chi connectivity index (χ0) is 17.1. The van der Waals surface area contributed by atoms with E-state index in [2.05, 4.69) is 37.4 Å². The smallest absolute Gasteiger partial charge is 0.272 e. The van der Waals surface area contributed by atoms with Gasteiger partial charge < -0.3 is 4.74 Å². The summed E-state index contributed by atoms with van der Waals surface area (Å²) >= 11 is 3.47. The van der Waals surface area contributed by atoms with Crippen LogP contribution in [0.25, 0.3) is 10.2 Å². The monoisotopic (exact) mass is 472 g/mol. The second kappa shape index (κ2) is 7.33. The normalized spacial score (nSPS) is 10.2. The molecule has 5 nitrogen and oxygen atoms in total. The van der Waals surface area contributed by atoms with Crippen LogP contribution in [0.4, 0.5) is 10.1 Å². The van der Waals surface area contributed by atoms with Gasteiger partial charge in [-0.3, -0.25) is 15.1 Å². The van der Waals surface area contributed by atoms with Crippen LogP contribution in [-0.2, 0) is 0 Å². The van der Waals surface area contributed by atoms with Crippen molar-refractivity contribution in [1.82, 2.24) is 4.98 Å². The highest BCUT2D eigenvalue weighted by atomic mass is 127. The Bertz CT molecular complexity index is 997. The first kappa shape index (κ1) is 16.9. The maximum atomic E-state index is 14.0. The number of nitro groups is 1. The molecule has 2 heterocycles.